The van der Waals surface area contributed by atoms with E-state index in [9.17, 15) is 0 Å². The van der Waals surface area contributed by atoms with Crippen molar-refractivity contribution in [2.75, 3.05) is 7.11 Å². The molecule has 0 amide bonds. The molecule has 0 radical (unpaired) electrons. The van der Waals surface area contributed by atoms with Crippen molar-refractivity contribution in [1.29, 1.82) is 0 Å². The van der Waals surface area contributed by atoms with Gasteiger partial charge in [0.2, 0.25) is 5.82 Å². The Morgan fingerprint density at radius 1 is 0.938 bits per heavy atom. The van der Waals surface area contributed by atoms with Gasteiger partial charge in [0.1, 0.15) is 5.75 Å². The number of rotatable bonds is 4. The Hall–Kier alpha value is -3.08. The Morgan fingerprint density at radius 2 is 1.69 bits per heavy atom. The number of hydrogen-bond acceptors (Lipinski definition) is 4. The molecule has 2 aromatic heterocycles. The lowest BCUT2D eigenvalue weighted by Crippen LogP contribution is -2.48. The van der Waals surface area contributed by atoms with Crippen molar-refractivity contribution >= 4 is 10.9 Å². The maximum Gasteiger partial charge on any atom is 0.258 e. The normalized spacial score (nSPS) is 28.5. The third-order valence-corrected chi connectivity index (χ3v) is 8.29. The van der Waals surface area contributed by atoms with Crippen LogP contribution in [0.1, 0.15) is 44.1 Å². The molecule has 0 spiro atoms. The lowest BCUT2D eigenvalue weighted by molar-refractivity contribution is -0.00613. The Kier molecular flexibility index (Phi) is 3.88. The van der Waals surface area contributed by atoms with Crippen LogP contribution < -0.4 is 4.74 Å². The monoisotopic (exact) mass is 425 g/mol. The first-order chi connectivity index (χ1) is 15.7. The van der Waals surface area contributed by atoms with Crippen LogP contribution in [0, 0.1) is 17.8 Å². The van der Waals surface area contributed by atoms with Crippen molar-refractivity contribution < 1.29 is 9.26 Å². The van der Waals surface area contributed by atoms with Gasteiger partial charge in [0.05, 0.1) is 7.11 Å². The summed E-state index contributed by atoms with van der Waals surface area (Å²) in [4.78, 5) is 7.98. The Bertz CT molecular complexity index is 1280. The predicted octanol–water partition coefficient (Wildman–Crippen LogP) is 6.36. The van der Waals surface area contributed by atoms with Crippen LogP contribution in [-0.4, -0.2) is 22.2 Å². The smallest absolute Gasteiger partial charge is 0.258 e. The molecule has 5 heteroatoms. The zero-order valence-electron chi connectivity index (χ0n) is 18.3. The highest BCUT2D eigenvalue weighted by Gasteiger charge is 2.52. The van der Waals surface area contributed by atoms with Crippen LogP contribution in [0.25, 0.3) is 33.7 Å². The lowest BCUT2D eigenvalue weighted by atomic mass is 9.48. The second-order valence-corrected chi connectivity index (χ2v) is 10.3. The highest BCUT2D eigenvalue weighted by atomic mass is 16.5. The number of aromatic amines is 1. The average molecular weight is 426 g/mol. The fourth-order valence-electron chi connectivity index (χ4n) is 7.35. The van der Waals surface area contributed by atoms with E-state index in [-0.39, 0.29) is 5.41 Å². The highest BCUT2D eigenvalue weighted by molar-refractivity contribution is 5.84. The molecule has 4 bridgehead atoms. The van der Waals surface area contributed by atoms with Gasteiger partial charge in [0.25, 0.3) is 5.89 Å². The maximum absolute atomic E-state index is 5.86. The van der Waals surface area contributed by atoms with Gasteiger partial charge in [0.15, 0.2) is 0 Å². The minimum Gasteiger partial charge on any atom is -0.496 e. The van der Waals surface area contributed by atoms with Crippen molar-refractivity contribution in [3.63, 3.8) is 0 Å². The highest BCUT2D eigenvalue weighted by Crippen LogP contribution is 2.62. The molecule has 0 saturated heterocycles. The van der Waals surface area contributed by atoms with Crippen molar-refractivity contribution in [2.45, 2.75) is 43.9 Å². The Labute approximate surface area is 187 Å². The summed E-state index contributed by atoms with van der Waals surface area (Å²) in [6.45, 7) is 0. The third-order valence-electron chi connectivity index (χ3n) is 8.29. The van der Waals surface area contributed by atoms with Crippen molar-refractivity contribution in [3.8, 4) is 28.6 Å². The van der Waals surface area contributed by atoms with E-state index in [1.165, 1.54) is 44.1 Å². The van der Waals surface area contributed by atoms with Gasteiger partial charge in [-0.1, -0.05) is 5.16 Å². The molecule has 5 nitrogen and oxygen atoms in total. The second kappa shape index (κ2) is 6.71. The molecule has 4 fully saturated rings. The number of nitrogens with one attached hydrogen (secondary N) is 1. The van der Waals surface area contributed by atoms with Gasteiger partial charge in [0, 0.05) is 33.8 Å². The lowest BCUT2D eigenvalue weighted by Gasteiger charge is -2.57. The van der Waals surface area contributed by atoms with E-state index in [1.54, 1.807) is 7.11 Å². The summed E-state index contributed by atoms with van der Waals surface area (Å²) in [6.07, 6.45) is 10.1. The molecule has 162 valence electrons. The van der Waals surface area contributed by atoms with Crippen LogP contribution in [0.4, 0.5) is 0 Å². The largest absolute Gasteiger partial charge is 0.496 e. The minimum atomic E-state index is 0.248. The average Bonchev–Trinajstić information content (AvgIpc) is 3.47. The van der Waals surface area contributed by atoms with Crippen molar-refractivity contribution in [2.24, 2.45) is 17.8 Å². The molecule has 0 atom stereocenters. The van der Waals surface area contributed by atoms with E-state index < -0.39 is 0 Å². The van der Waals surface area contributed by atoms with Gasteiger partial charge >= 0.3 is 0 Å². The van der Waals surface area contributed by atoms with E-state index in [2.05, 4.69) is 46.5 Å². The van der Waals surface area contributed by atoms with E-state index >= 15 is 0 Å². The van der Waals surface area contributed by atoms with E-state index in [4.69, 9.17) is 14.2 Å². The number of hydrogen-bond donors (Lipinski definition) is 1. The van der Waals surface area contributed by atoms with Crippen LogP contribution in [0.5, 0.6) is 5.75 Å². The molecule has 8 rings (SSSR count). The predicted molar refractivity (Wildman–Crippen MR) is 123 cm³/mol. The Balaban J connectivity index is 1.27. The molecule has 4 aliphatic carbocycles. The van der Waals surface area contributed by atoms with Gasteiger partial charge in [-0.25, -0.2) is 0 Å². The van der Waals surface area contributed by atoms with Crippen molar-refractivity contribution in [1.82, 2.24) is 15.1 Å². The SMILES string of the molecule is COc1ccc(-c2nc(-c3ccc4[nH]ccc4c3)no2)cc1C12CC3CC(CC(C3)C1)C2. The van der Waals surface area contributed by atoms with Crippen molar-refractivity contribution in [3.05, 3.63) is 54.2 Å². The zero-order chi connectivity index (χ0) is 21.3. The van der Waals surface area contributed by atoms with E-state index in [0.29, 0.717) is 11.7 Å². The molecule has 2 heterocycles. The van der Waals surface area contributed by atoms with Gasteiger partial charge in [-0.2, -0.15) is 4.98 Å². The van der Waals surface area contributed by atoms with Gasteiger partial charge in [-0.15, -0.1) is 0 Å². The number of aromatic nitrogens is 3. The topological polar surface area (TPSA) is 63.9 Å². The summed E-state index contributed by atoms with van der Waals surface area (Å²) in [6, 6.07) is 14.7. The molecular weight excluding hydrogens is 398 g/mol. The second-order valence-electron chi connectivity index (χ2n) is 10.3. The fourth-order valence-corrected chi connectivity index (χ4v) is 7.35. The first kappa shape index (κ1) is 18.5. The van der Waals surface area contributed by atoms with Crippen LogP contribution in [-0.2, 0) is 5.41 Å². The third kappa shape index (κ3) is 2.76. The van der Waals surface area contributed by atoms with E-state index in [1.807, 2.05) is 12.3 Å². The summed E-state index contributed by atoms with van der Waals surface area (Å²) in [7, 11) is 1.79. The molecule has 4 aliphatic rings. The molecule has 4 saturated carbocycles. The number of fused-ring (bicyclic) bond motifs is 1. The molecule has 1 N–H and O–H groups in total. The Morgan fingerprint density at radius 3 is 2.44 bits per heavy atom. The molecular formula is C27H27N3O2. The minimum absolute atomic E-state index is 0.248. The zero-order valence-corrected chi connectivity index (χ0v) is 18.3. The maximum atomic E-state index is 5.86. The summed E-state index contributed by atoms with van der Waals surface area (Å²) in [5.41, 5.74) is 4.65. The summed E-state index contributed by atoms with van der Waals surface area (Å²) in [5, 5.41) is 5.43. The van der Waals surface area contributed by atoms with Gasteiger partial charge in [-0.05, 0) is 104 Å². The van der Waals surface area contributed by atoms with Crippen LogP contribution >= 0.6 is 0 Å². The number of H-pyrrole nitrogens is 1. The number of benzene rings is 2. The summed E-state index contributed by atoms with van der Waals surface area (Å²) < 4.78 is 11.6. The summed E-state index contributed by atoms with van der Waals surface area (Å²) in [5.74, 6) is 4.85. The first-order valence-electron chi connectivity index (χ1n) is 11.8. The van der Waals surface area contributed by atoms with Gasteiger partial charge in [-0.3, -0.25) is 0 Å². The molecule has 2 aromatic carbocycles. The van der Waals surface area contributed by atoms with Crippen LogP contribution in [0.15, 0.2) is 53.2 Å². The number of nitrogens with zero attached hydrogens (tertiary/aromatic N) is 2. The van der Waals surface area contributed by atoms with Crippen LogP contribution in [0.3, 0.4) is 0 Å². The molecule has 0 unspecified atom stereocenters. The van der Waals surface area contributed by atoms with Crippen LogP contribution in [0.2, 0.25) is 0 Å². The summed E-state index contributed by atoms with van der Waals surface area (Å²) >= 11 is 0. The number of ether oxygens (including phenoxy) is 1. The van der Waals surface area contributed by atoms with Gasteiger partial charge < -0.3 is 14.2 Å². The standard InChI is InChI=1S/C27H27N3O2/c1-31-24-5-3-21(12-22(24)27-13-16-8-17(14-27)10-18(9-16)15-27)26-29-25(30-32-26)20-2-4-23-19(11-20)6-7-28-23/h2-7,11-12,16-18,28H,8-10,13-15H2,1H3. The molecule has 4 aromatic rings. The molecule has 32 heavy (non-hydrogen) atoms. The quantitative estimate of drug-likeness (QED) is 0.413. The molecule has 0 aliphatic heterocycles. The van der Waals surface area contributed by atoms with E-state index in [0.717, 1.165) is 45.5 Å². The number of methoxy groups -OCH3 is 1. The fraction of sp³-hybridized carbons (Fsp3) is 0.407. The first-order valence-corrected chi connectivity index (χ1v) is 11.8.